The van der Waals surface area contributed by atoms with E-state index in [0.29, 0.717) is 31.7 Å². The molecule has 0 aliphatic carbocycles. The number of ether oxygens (including phenoxy) is 1. The number of hydrogen-bond acceptors (Lipinski definition) is 7. The number of rotatable bonds is 8. The molecule has 278 valence electrons. The Bertz CT molecular complexity index is 1590. The van der Waals surface area contributed by atoms with Crippen LogP contribution in [0.5, 0.6) is 0 Å². The van der Waals surface area contributed by atoms with E-state index in [0.717, 1.165) is 24.0 Å². The first-order chi connectivity index (χ1) is 23.8. The lowest BCUT2D eigenvalue weighted by Crippen LogP contribution is -2.63. The van der Waals surface area contributed by atoms with Gasteiger partial charge in [-0.3, -0.25) is 19.3 Å². The molecule has 3 N–H and O–H groups in total. The summed E-state index contributed by atoms with van der Waals surface area (Å²) in [5, 5.41) is 16.5. The minimum absolute atomic E-state index is 0.0143. The number of piperidine rings is 1. The Balaban J connectivity index is 1.15. The standard InChI is InChI=1S/C39H54FN5O6/c1-25(26-12-14-27(15-13-26)29-10-8-9-11-30(29)40)41-34(48)31-20-28(46)21-45(31)35(49)33(37(2,3)4)42-32(47)22-43-18-16-39(17-19-43)23-44(24-39)36(50)51-38(5,6)7/h8-15,25,28,31,33,46H,16-24H2,1-7H3,(H,41,48)(H,42,47)/t25-,28+,31-,33+/m0/s1. The van der Waals surface area contributed by atoms with E-state index in [9.17, 15) is 28.7 Å². The van der Waals surface area contributed by atoms with Gasteiger partial charge >= 0.3 is 6.09 Å². The van der Waals surface area contributed by atoms with Crippen molar-refractivity contribution in [1.82, 2.24) is 25.3 Å². The molecule has 51 heavy (non-hydrogen) atoms. The molecule has 0 saturated carbocycles. The van der Waals surface area contributed by atoms with E-state index >= 15 is 0 Å². The van der Waals surface area contributed by atoms with Gasteiger partial charge in [0.05, 0.1) is 18.7 Å². The van der Waals surface area contributed by atoms with Crippen molar-refractivity contribution in [1.29, 1.82) is 0 Å². The van der Waals surface area contributed by atoms with E-state index < -0.39 is 47.1 Å². The summed E-state index contributed by atoms with van der Waals surface area (Å²) in [4.78, 5) is 58.7. The lowest BCUT2D eigenvalue weighted by molar-refractivity contribution is -0.144. The van der Waals surface area contributed by atoms with E-state index in [1.165, 1.54) is 11.0 Å². The van der Waals surface area contributed by atoms with Crippen LogP contribution < -0.4 is 10.6 Å². The number of amides is 4. The van der Waals surface area contributed by atoms with Gasteiger partial charge in [0.15, 0.2) is 0 Å². The Kier molecular flexibility index (Phi) is 11.2. The van der Waals surface area contributed by atoms with E-state index in [-0.39, 0.29) is 42.7 Å². The van der Waals surface area contributed by atoms with E-state index in [4.69, 9.17) is 4.74 Å². The van der Waals surface area contributed by atoms with Gasteiger partial charge in [-0.15, -0.1) is 0 Å². The van der Waals surface area contributed by atoms with Crippen LogP contribution in [0.4, 0.5) is 9.18 Å². The van der Waals surface area contributed by atoms with Crippen LogP contribution in [0.15, 0.2) is 48.5 Å². The summed E-state index contributed by atoms with van der Waals surface area (Å²) in [7, 11) is 0. The highest BCUT2D eigenvalue weighted by molar-refractivity contribution is 5.93. The number of nitrogens with one attached hydrogen (secondary N) is 2. The van der Waals surface area contributed by atoms with Gasteiger partial charge in [-0.2, -0.15) is 0 Å². The van der Waals surface area contributed by atoms with Crippen LogP contribution in [0.3, 0.4) is 0 Å². The lowest BCUT2D eigenvalue weighted by atomic mass is 9.72. The normalized spacial score (nSPS) is 21.8. The van der Waals surface area contributed by atoms with Crippen molar-refractivity contribution in [2.75, 3.05) is 39.3 Å². The summed E-state index contributed by atoms with van der Waals surface area (Å²) < 4.78 is 19.8. The monoisotopic (exact) mass is 707 g/mol. The summed E-state index contributed by atoms with van der Waals surface area (Å²) in [5.41, 5.74) is 0.850. The van der Waals surface area contributed by atoms with Gasteiger partial charge in [0.2, 0.25) is 17.7 Å². The zero-order valence-corrected chi connectivity index (χ0v) is 31.0. The van der Waals surface area contributed by atoms with Gasteiger partial charge in [-0.05, 0) is 76.2 Å². The molecule has 3 aliphatic heterocycles. The van der Waals surface area contributed by atoms with Crippen LogP contribution in [0.2, 0.25) is 0 Å². The van der Waals surface area contributed by atoms with Crippen LogP contribution in [-0.2, 0) is 19.1 Å². The molecule has 3 saturated heterocycles. The Hall–Kier alpha value is -4.03. The second kappa shape index (κ2) is 14.9. The second-order valence-electron chi connectivity index (χ2n) is 16.7. The topological polar surface area (TPSA) is 132 Å². The van der Waals surface area contributed by atoms with Gasteiger partial charge < -0.3 is 30.3 Å². The van der Waals surface area contributed by atoms with Gasteiger partial charge in [0.25, 0.3) is 0 Å². The minimum Gasteiger partial charge on any atom is -0.444 e. The lowest BCUT2D eigenvalue weighted by Gasteiger charge is -2.53. The van der Waals surface area contributed by atoms with E-state index in [1.54, 1.807) is 35.2 Å². The molecule has 1 spiro atoms. The Morgan fingerprint density at radius 2 is 1.59 bits per heavy atom. The van der Waals surface area contributed by atoms with Crippen molar-refractivity contribution in [3.63, 3.8) is 0 Å². The van der Waals surface area contributed by atoms with Crippen LogP contribution in [0, 0.1) is 16.6 Å². The average molecular weight is 708 g/mol. The molecular weight excluding hydrogens is 653 g/mol. The predicted octanol–water partition coefficient (Wildman–Crippen LogP) is 4.50. The smallest absolute Gasteiger partial charge is 0.410 e. The summed E-state index contributed by atoms with van der Waals surface area (Å²) in [5.74, 6) is -1.41. The van der Waals surface area contributed by atoms with Crippen molar-refractivity contribution in [2.24, 2.45) is 10.8 Å². The maximum atomic E-state index is 14.3. The average Bonchev–Trinajstić information content (AvgIpc) is 3.43. The first kappa shape index (κ1) is 38.2. The van der Waals surface area contributed by atoms with Gasteiger partial charge in [0, 0.05) is 37.0 Å². The molecule has 0 unspecified atom stereocenters. The third-order valence-corrected chi connectivity index (χ3v) is 10.2. The molecular formula is C39H54FN5O6. The second-order valence-corrected chi connectivity index (χ2v) is 16.7. The van der Waals surface area contributed by atoms with Crippen LogP contribution >= 0.6 is 0 Å². The number of benzene rings is 2. The molecule has 2 aromatic rings. The Labute approximate surface area is 300 Å². The zero-order valence-electron chi connectivity index (χ0n) is 31.0. The first-order valence-corrected chi connectivity index (χ1v) is 18.0. The van der Waals surface area contributed by atoms with Gasteiger partial charge in [0.1, 0.15) is 23.5 Å². The fourth-order valence-electron chi connectivity index (χ4n) is 7.29. The molecule has 2 aromatic carbocycles. The highest BCUT2D eigenvalue weighted by atomic mass is 19.1. The maximum absolute atomic E-state index is 14.3. The fourth-order valence-corrected chi connectivity index (χ4v) is 7.29. The van der Waals surface area contributed by atoms with E-state index in [1.807, 2.05) is 60.6 Å². The van der Waals surface area contributed by atoms with Crippen molar-refractivity contribution in [3.8, 4) is 11.1 Å². The summed E-state index contributed by atoms with van der Waals surface area (Å²) >= 11 is 0. The van der Waals surface area contributed by atoms with Crippen LogP contribution in [-0.4, -0.2) is 107 Å². The Morgan fingerprint density at radius 3 is 2.18 bits per heavy atom. The molecule has 0 aromatic heterocycles. The quantitative estimate of drug-likeness (QED) is 0.369. The summed E-state index contributed by atoms with van der Waals surface area (Å²) in [6.07, 6.45) is 0.632. The Morgan fingerprint density at radius 1 is 0.961 bits per heavy atom. The molecule has 12 heteroatoms. The molecule has 4 amide bonds. The number of nitrogens with zero attached hydrogens (tertiary/aromatic N) is 3. The molecule has 5 rings (SSSR count). The molecule has 3 heterocycles. The van der Waals surface area contributed by atoms with Crippen LogP contribution in [0.1, 0.15) is 79.3 Å². The summed E-state index contributed by atoms with van der Waals surface area (Å²) in [6, 6.07) is 11.6. The van der Waals surface area contributed by atoms with E-state index in [2.05, 4.69) is 15.5 Å². The highest BCUT2D eigenvalue weighted by Crippen LogP contribution is 2.41. The number of likely N-dealkylation sites (tertiary alicyclic amines) is 3. The van der Waals surface area contributed by atoms with Crippen molar-refractivity contribution in [2.45, 2.75) is 97.6 Å². The van der Waals surface area contributed by atoms with Crippen molar-refractivity contribution < 1.29 is 33.4 Å². The summed E-state index contributed by atoms with van der Waals surface area (Å²) in [6.45, 7) is 15.8. The van der Waals surface area contributed by atoms with Crippen LogP contribution in [0.25, 0.3) is 11.1 Å². The third kappa shape index (κ3) is 9.26. The number of aliphatic hydroxyl groups is 1. The SMILES string of the molecule is C[C@H](NC(=O)[C@@H]1C[C@@H](O)CN1C(=O)[C@@H](NC(=O)CN1CCC2(CC1)CN(C(=O)OC(C)(C)C)C2)C(C)(C)C)c1ccc(-c2ccccc2F)cc1. The number of carbonyl (C=O) groups is 4. The zero-order chi connectivity index (χ0) is 37.3. The fraction of sp³-hybridized carbons (Fsp3) is 0.590. The molecule has 4 atom stereocenters. The molecule has 11 nitrogen and oxygen atoms in total. The molecule has 0 bridgehead atoms. The largest absolute Gasteiger partial charge is 0.444 e. The molecule has 0 radical (unpaired) electrons. The number of hydrogen-bond donors (Lipinski definition) is 3. The van der Waals surface area contributed by atoms with Crippen molar-refractivity contribution >= 4 is 23.8 Å². The predicted molar refractivity (Wildman–Crippen MR) is 192 cm³/mol. The number of halogens is 1. The maximum Gasteiger partial charge on any atom is 0.410 e. The molecule has 3 fully saturated rings. The highest BCUT2D eigenvalue weighted by Gasteiger charge is 2.48. The third-order valence-electron chi connectivity index (χ3n) is 10.2. The van der Waals surface area contributed by atoms with Gasteiger partial charge in [-0.1, -0.05) is 63.2 Å². The number of carbonyl (C=O) groups excluding carboxylic acids is 4. The van der Waals surface area contributed by atoms with Gasteiger partial charge in [-0.25, -0.2) is 9.18 Å². The molecule has 3 aliphatic rings. The number of β-amino-alcohol motifs (C(OH)–C–C–N with tert-alkyl or cyclic N) is 1. The minimum atomic E-state index is -0.917. The number of aliphatic hydroxyl groups excluding tert-OH is 1. The van der Waals surface area contributed by atoms with Crippen molar-refractivity contribution in [3.05, 3.63) is 59.9 Å². The first-order valence-electron chi connectivity index (χ1n) is 18.0.